The van der Waals surface area contributed by atoms with Crippen molar-refractivity contribution in [2.45, 2.75) is 6.54 Å². The number of hydrazine groups is 1. The monoisotopic (exact) mass is 416 g/mol. The Balaban J connectivity index is 1.81. The molecule has 0 aliphatic carbocycles. The van der Waals surface area contributed by atoms with E-state index < -0.39 is 17.8 Å². The molecule has 0 radical (unpaired) electrons. The fourth-order valence-corrected chi connectivity index (χ4v) is 2.46. The summed E-state index contributed by atoms with van der Waals surface area (Å²) < 4.78 is 15.6. The Hall–Kier alpha value is -3.95. The summed E-state index contributed by atoms with van der Waals surface area (Å²) in [7, 11) is 4.30. The van der Waals surface area contributed by atoms with E-state index in [2.05, 4.69) is 21.5 Å². The molecule has 0 saturated carbocycles. The number of ether oxygens (including phenoxy) is 3. The highest BCUT2D eigenvalue weighted by Gasteiger charge is 2.17. The lowest BCUT2D eigenvalue weighted by Gasteiger charge is -2.14. The lowest BCUT2D eigenvalue weighted by atomic mass is 10.1. The van der Waals surface area contributed by atoms with E-state index >= 15 is 0 Å². The minimum absolute atomic E-state index is 0.179. The second-order valence-corrected chi connectivity index (χ2v) is 5.94. The van der Waals surface area contributed by atoms with Crippen LogP contribution in [0.2, 0.25) is 0 Å². The molecule has 0 bridgehead atoms. The Labute approximate surface area is 173 Å². The molecule has 160 valence electrons. The largest absolute Gasteiger partial charge is 0.493 e. The van der Waals surface area contributed by atoms with Gasteiger partial charge in [0.15, 0.2) is 11.5 Å². The van der Waals surface area contributed by atoms with Crippen molar-refractivity contribution in [3.8, 4) is 17.2 Å². The van der Waals surface area contributed by atoms with Crippen molar-refractivity contribution in [2.75, 3.05) is 27.9 Å². The summed E-state index contributed by atoms with van der Waals surface area (Å²) in [5.41, 5.74) is 5.58. The van der Waals surface area contributed by atoms with Crippen LogP contribution in [0.25, 0.3) is 0 Å². The Kier molecular flexibility index (Phi) is 8.30. The van der Waals surface area contributed by atoms with Gasteiger partial charge in [-0.25, -0.2) is 4.79 Å². The summed E-state index contributed by atoms with van der Waals surface area (Å²) >= 11 is 0. The second-order valence-electron chi connectivity index (χ2n) is 5.94. The van der Waals surface area contributed by atoms with Gasteiger partial charge in [0.1, 0.15) is 6.54 Å². The third-order valence-electron chi connectivity index (χ3n) is 3.95. The summed E-state index contributed by atoms with van der Waals surface area (Å²) in [5, 5.41) is 5.02. The summed E-state index contributed by atoms with van der Waals surface area (Å²) in [6.45, 7) is 0.00230. The summed E-state index contributed by atoms with van der Waals surface area (Å²) in [6.07, 6.45) is 0. The molecule has 30 heavy (non-hydrogen) atoms. The average molecular weight is 416 g/mol. The number of hydrogen-bond donors (Lipinski definition) is 4. The van der Waals surface area contributed by atoms with Gasteiger partial charge in [-0.3, -0.25) is 20.4 Å². The standard InChI is InChI=1S/C20H24N4O6/c1-28-15-9-14(10-16(29-2)18(15)30-3)19(26)24-23-17(25)12-22-20(27)21-11-13-7-5-4-6-8-13/h4-10H,11-12H2,1-3H3,(H,23,25)(H,24,26)(H2,21,22,27). The first-order valence-corrected chi connectivity index (χ1v) is 8.93. The molecule has 2 rings (SSSR count). The van der Waals surface area contributed by atoms with Crippen molar-refractivity contribution < 1.29 is 28.6 Å². The van der Waals surface area contributed by atoms with Crippen molar-refractivity contribution in [1.29, 1.82) is 0 Å². The van der Waals surface area contributed by atoms with Crippen LogP contribution in [0.4, 0.5) is 4.79 Å². The molecule has 10 heteroatoms. The van der Waals surface area contributed by atoms with Crippen LogP contribution in [0.5, 0.6) is 17.2 Å². The van der Waals surface area contributed by atoms with E-state index in [-0.39, 0.29) is 12.1 Å². The lowest BCUT2D eigenvalue weighted by Crippen LogP contribution is -2.47. The van der Waals surface area contributed by atoms with Crippen molar-refractivity contribution in [3.05, 3.63) is 53.6 Å². The highest BCUT2D eigenvalue weighted by atomic mass is 16.5. The molecule has 0 unspecified atom stereocenters. The van der Waals surface area contributed by atoms with Crippen molar-refractivity contribution in [3.63, 3.8) is 0 Å². The van der Waals surface area contributed by atoms with Gasteiger partial charge < -0.3 is 24.8 Å². The molecule has 2 aromatic carbocycles. The molecule has 2 aromatic rings. The predicted molar refractivity (Wildman–Crippen MR) is 108 cm³/mol. The van der Waals surface area contributed by atoms with E-state index in [9.17, 15) is 14.4 Å². The van der Waals surface area contributed by atoms with Gasteiger partial charge in [-0.2, -0.15) is 0 Å². The van der Waals surface area contributed by atoms with E-state index in [1.54, 1.807) is 0 Å². The van der Waals surface area contributed by atoms with Crippen molar-refractivity contribution >= 4 is 17.8 Å². The Morgan fingerprint density at radius 3 is 2.03 bits per heavy atom. The maximum Gasteiger partial charge on any atom is 0.315 e. The fourth-order valence-electron chi connectivity index (χ4n) is 2.46. The number of methoxy groups -OCH3 is 3. The Bertz CT molecular complexity index is 863. The van der Waals surface area contributed by atoms with Gasteiger partial charge in [0.2, 0.25) is 5.75 Å². The molecule has 0 aliphatic heterocycles. The maximum absolute atomic E-state index is 12.3. The number of hydrogen-bond acceptors (Lipinski definition) is 6. The third-order valence-corrected chi connectivity index (χ3v) is 3.95. The first kappa shape index (κ1) is 22.3. The molecular formula is C20H24N4O6. The minimum Gasteiger partial charge on any atom is -0.493 e. The normalized spacial score (nSPS) is 9.83. The van der Waals surface area contributed by atoms with Crippen LogP contribution in [-0.2, 0) is 11.3 Å². The third kappa shape index (κ3) is 6.30. The molecule has 0 heterocycles. The first-order valence-electron chi connectivity index (χ1n) is 8.93. The average Bonchev–Trinajstić information content (AvgIpc) is 2.79. The number of urea groups is 1. The SMILES string of the molecule is COc1cc(C(=O)NNC(=O)CNC(=O)NCc2ccccc2)cc(OC)c1OC. The molecule has 4 N–H and O–H groups in total. The minimum atomic E-state index is -0.606. The highest BCUT2D eigenvalue weighted by Crippen LogP contribution is 2.38. The zero-order chi connectivity index (χ0) is 21.9. The predicted octanol–water partition coefficient (Wildman–Crippen LogP) is 0.973. The zero-order valence-electron chi connectivity index (χ0n) is 16.9. The van der Waals surface area contributed by atoms with Gasteiger partial charge in [-0.05, 0) is 17.7 Å². The van der Waals surface area contributed by atoms with Gasteiger partial charge in [0, 0.05) is 12.1 Å². The van der Waals surface area contributed by atoms with Crippen LogP contribution in [0.1, 0.15) is 15.9 Å². The van der Waals surface area contributed by atoms with Gasteiger partial charge >= 0.3 is 6.03 Å². The Morgan fingerprint density at radius 1 is 0.833 bits per heavy atom. The molecule has 10 nitrogen and oxygen atoms in total. The number of carbonyl (C=O) groups is 3. The molecule has 0 fully saturated rings. The van der Waals surface area contributed by atoms with Gasteiger partial charge in [-0.15, -0.1) is 0 Å². The number of amides is 4. The summed E-state index contributed by atoms with van der Waals surface area (Å²) in [4.78, 5) is 35.9. The first-order chi connectivity index (χ1) is 14.5. The quantitative estimate of drug-likeness (QED) is 0.475. The number of carbonyl (C=O) groups excluding carboxylic acids is 3. The number of nitrogens with one attached hydrogen (secondary N) is 4. The van der Waals surface area contributed by atoms with Crippen LogP contribution >= 0.6 is 0 Å². The number of rotatable bonds is 8. The van der Waals surface area contributed by atoms with Crippen LogP contribution in [-0.4, -0.2) is 45.7 Å². The van der Waals surface area contributed by atoms with Gasteiger partial charge in [0.05, 0.1) is 21.3 Å². The molecule has 0 aromatic heterocycles. The topological polar surface area (TPSA) is 127 Å². The zero-order valence-corrected chi connectivity index (χ0v) is 16.9. The summed E-state index contributed by atoms with van der Waals surface area (Å²) in [5.74, 6) is -0.275. The lowest BCUT2D eigenvalue weighted by molar-refractivity contribution is -0.120. The van der Waals surface area contributed by atoms with Crippen molar-refractivity contribution in [1.82, 2.24) is 21.5 Å². The van der Waals surface area contributed by atoms with Crippen LogP contribution in [0, 0.1) is 0 Å². The second kappa shape index (κ2) is 11.1. The molecule has 0 aliphatic rings. The van der Waals surface area contributed by atoms with E-state index in [0.29, 0.717) is 23.8 Å². The molecule has 0 atom stereocenters. The molecular weight excluding hydrogens is 392 g/mol. The van der Waals surface area contributed by atoms with Crippen LogP contribution < -0.4 is 35.7 Å². The van der Waals surface area contributed by atoms with Crippen LogP contribution in [0.15, 0.2) is 42.5 Å². The van der Waals surface area contributed by atoms with E-state index in [1.165, 1.54) is 33.5 Å². The molecule has 4 amide bonds. The smallest absolute Gasteiger partial charge is 0.315 e. The van der Waals surface area contributed by atoms with E-state index in [0.717, 1.165) is 5.56 Å². The number of benzene rings is 2. The van der Waals surface area contributed by atoms with E-state index in [1.807, 2.05) is 30.3 Å². The van der Waals surface area contributed by atoms with Gasteiger partial charge in [-0.1, -0.05) is 30.3 Å². The fraction of sp³-hybridized carbons (Fsp3) is 0.250. The van der Waals surface area contributed by atoms with Crippen molar-refractivity contribution in [2.24, 2.45) is 0 Å². The molecule has 0 saturated heterocycles. The van der Waals surface area contributed by atoms with Gasteiger partial charge in [0.25, 0.3) is 11.8 Å². The highest BCUT2D eigenvalue weighted by molar-refractivity contribution is 5.97. The van der Waals surface area contributed by atoms with Crippen LogP contribution in [0.3, 0.4) is 0 Å². The Morgan fingerprint density at radius 2 is 1.47 bits per heavy atom. The maximum atomic E-state index is 12.3. The molecule has 0 spiro atoms. The van der Waals surface area contributed by atoms with E-state index in [4.69, 9.17) is 14.2 Å². The summed E-state index contributed by atoms with van der Waals surface area (Å²) in [6, 6.07) is 11.7.